The maximum Gasteiger partial charge on any atom is 0.318 e. The standard InChI is InChI=1S/C14H19N3O2/c1-9(13(18)17-14(15)19)16-12-8-4-6-10-5-2-3-7-11(10)12/h2-3,5,7,9,12,16H,4,6,8H2,1H3,(H3,15,17,18,19)/t9-,12+/m1/s1. The fourth-order valence-corrected chi connectivity index (χ4v) is 2.53. The number of hydrogen-bond acceptors (Lipinski definition) is 3. The first-order chi connectivity index (χ1) is 9.08. The predicted molar refractivity (Wildman–Crippen MR) is 72.4 cm³/mol. The number of imide groups is 1. The molecule has 0 spiro atoms. The average molecular weight is 261 g/mol. The van der Waals surface area contributed by atoms with Crippen molar-refractivity contribution < 1.29 is 9.59 Å². The molecule has 0 fully saturated rings. The van der Waals surface area contributed by atoms with E-state index in [1.807, 2.05) is 12.1 Å². The molecular formula is C14H19N3O2. The van der Waals surface area contributed by atoms with Gasteiger partial charge in [0.2, 0.25) is 5.91 Å². The summed E-state index contributed by atoms with van der Waals surface area (Å²) in [6, 6.07) is 7.13. The summed E-state index contributed by atoms with van der Waals surface area (Å²) in [6.07, 6.45) is 3.17. The number of carbonyl (C=O) groups excluding carboxylic acids is 2. The Bertz CT molecular complexity index is 487. The molecule has 5 nitrogen and oxygen atoms in total. The average Bonchev–Trinajstić information content (AvgIpc) is 2.38. The number of carbonyl (C=O) groups is 2. The molecule has 1 aromatic carbocycles. The van der Waals surface area contributed by atoms with Crippen molar-refractivity contribution in [3.63, 3.8) is 0 Å². The van der Waals surface area contributed by atoms with Gasteiger partial charge in [-0.15, -0.1) is 0 Å². The quantitative estimate of drug-likeness (QED) is 0.765. The Morgan fingerprint density at radius 2 is 2.11 bits per heavy atom. The van der Waals surface area contributed by atoms with Gasteiger partial charge >= 0.3 is 6.03 Å². The molecule has 0 saturated carbocycles. The smallest absolute Gasteiger partial charge is 0.318 e. The van der Waals surface area contributed by atoms with Crippen LogP contribution in [0.4, 0.5) is 4.79 Å². The first kappa shape index (κ1) is 13.5. The molecule has 0 aromatic heterocycles. The largest absolute Gasteiger partial charge is 0.351 e. The molecule has 1 aromatic rings. The fourth-order valence-electron chi connectivity index (χ4n) is 2.53. The summed E-state index contributed by atoms with van der Waals surface area (Å²) in [7, 11) is 0. The van der Waals surface area contributed by atoms with Crippen LogP contribution in [-0.2, 0) is 11.2 Å². The molecule has 4 N–H and O–H groups in total. The molecular weight excluding hydrogens is 242 g/mol. The van der Waals surface area contributed by atoms with Crippen molar-refractivity contribution in [2.45, 2.75) is 38.3 Å². The van der Waals surface area contributed by atoms with E-state index < -0.39 is 18.0 Å². The Hall–Kier alpha value is -1.88. The molecule has 2 rings (SSSR count). The minimum atomic E-state index is -0.817. The zero-order valence-electron chi connectivity index (χ0n) is 11.0. The van der Waals surface area contributed by atoms with E-state index in [0.717, 1.165) is 19.3 Å². The Balaban J connectivity index is 2.04. The molecule has 0 heterocycles. The van der Waals surface area contributed by atoms with Crippen molar-refractivity contribution in [3.8, 4) is 0 Å². The maximum absolute atomic E-state index is 11.7. The second-order valence-electron chi connectivity index (χ2n) is 4.89. The highest BCUT2D eigenvalue weighted by molar-refractivity contribution is 5.96. The van der Waals surface area contributed by atoms with Crippen molar-refractivity contribution >= 4 is 11.9 Å². The molecule has 2 atom stereocenters. The maximum atomic E-state index is 11.7. The molecule has 1 aliphatic carbocycles. The van der Waals surface area contributed by atoms with Crippen LogP contribution in [0.1, 0.15) is 36.9 Å². The number of rotatable bonds is 3. The summed E-state index contributed by atoms with van der Waals surface area (Å²) in [4.78, 5) is 22.3. The van der Waals surface area contributed by atoms with Crippen LogP contribution in [0.2, 0.25) is 0 Å². The zero-order valence-corrected chi connectivity index (χ0v) is 11.0. The van der Waals surface area contributed by atoms with Gasteiger partial charge in [-0.25, -0.2) is 4.79 Å². The van der Waals surface area contributed by atoms with E-state index in [0.29, 0.717) is 0 Å². The minimum absolute atomic E-state index is 0.151. The van der Waals surface area contributed by atoms with Crippen molar-refractivity contribution in [1.29, 1.82) is 0 Å². The first-order valence-electron chi connectivity index (χ1n) is 6.52. The topological polar surface area (TPSA) is 84.2 Å². The molecule has 102 valence electrons. The molecule has 0 bridgehead atoms. The Kier molecular flexibility index (Phi) is 4.16. The number of hydrogen-bond donors (Lipinski definition) is 3. The number of aryl methyl sites for hydroxylation is 1. The van der Waals surface area contributed by atoms with Crippen molar-refractivity contribution in [2.24, 2.45) is 5.73 Å². The van der Waals surface area contributed by atoms with Crippen LogP contribution in [0, 0.1) is 0 Å². The van der Waals surface area contributed by atoms with Gasteiger partial charge in [0, 0.05) is 6.04 Å². The lowest BCUT2D eigenvalue weighted by Crippen LogP contribution is -2.47. The van der Waals surface area contributed by atoms with Crippen LogP contribution in [-0.4, -0.2) is 18.0 Å². The van der Waals surface area contributed by atoms with Gasteiger partial charge in [0.15, 0.2) is 0 Å². The summed E-state index contributed by atoms with van der Waals surface area (Å²) in [6.45, 7) is 1.73. The van der Waals surface area contributed by atoms with Crippen LogP contribution >= 0.6 is 0 Å². The van der Waals surface area contributed by atoms with Crippen LogP contribution in [0.3, 0.4) is 0 Å². The van der Waals surface area contributed by atoms with Gasteiger partial charge in [0.1, 0.15) is 0 Å². The van der Waals surface area contributed by atoms with Crippen LogP contribution in [0.5, 0.6) is 0 Å². The summed E-state index contributed by atoms with van der Waals surface area (Å²) in [5, 5.41) is 5.35. The molecule has 3 amide bonds. The van der Waals surface area contributed by atoms with Gasteiger partial charge in [-0.05, 0) is 37.3 Å². The number of nitrogens with one attached hydrogen (secondary N) is 2. The Morgan fingerprint density at radius 1 is 1.37 bits per heavy atom. The molecule has 1 aliphatic rings. The summed E-state index contributed by atoms with van der Waals surface area (Å²) in [5.41, 5.74) is 7.51. The molecule has 5 heteroatoms. The zero-order chi connectivity index (χ0) is 13.8. The molecule has 0 saturated heterocycles. The highest BCUT2D eigenvalue weighted by atomic mass is 16.2. The number of benzene rings is 1. The van der Waals surface area contributed by atoms with E-state index >= 15 is 0 Å². The van der Waals surface area contributed by atoms with E-state index in [2.05, 4.69) is 22.8 Å². The lowest BCUT2D eigenvalue weighted by molar-refractivity contribution is -0.121. The van der Waals surface area contributed by atoms with Crippen molar-refractivity contribution in [2.75, 3.05) is 0 Å². The SMILES string of the molecule is C[C@@H](N[C@H]1CCCc2ccccc21)C(=O)NC(N)=O. The summed E-state index contributed by atoms with van der Waals surface area (Å²) < 4.78 is 0. The van der Waals surface area contributed by atoms with Crippen molar-refractivity contribution in [1.82, 2.24) is 10.6 Å². The van der Waals surface area contributed by atoms with E-state index in [9.17, 15) is 9.59 Å². The van der Waals surface area contributed by atoms with Crippen molar-refractivity contribution in [3.05, 3.63) is 35.4 Å². The summed E-state index contributed by atoms with van der Waals surface area (Å²) in [5.74, 6) is -0.393. The molecule has 0 aliphatic heterocycles. The number of fused-ring (bicyclic) bond motifs is 1. The first-order valence-corrected chi connectivity index (χ1v) is 6.52. The Morgan fingerprint density at radius 3 is 2.84 bits per heavy atom. The highest BCUT2D eigenvalue weighted by Crippen LogP contribution is 2.29. The number of primary amides is 1. The third kappa shape index (κ3) is 3.32. The molecule has 19 heavy (non-hydrogen) atoms. The third-order valence-electron chi connectivity index (χ3n) is 3.46. The number of amides is 3. The van der Waals surface area contributed by atoms with Gasteiger partial charge in [0.25, 0.3) is 0 Å². The summed E-state index contributed by atoms with van der Waals surface area (Å²) >= 11 is 0. The molecule has 0 radical (unpaired) electrons. The van der Waals surface area contributed by atoms with Gasteiger partial charge in [-0.2, -0.15) is 0 Å². The van der Waals surface area contributed by atoms with Gasteiger partial charge in [-0.3, -0.25) is 15.4 Å². The normalized spacial score (nSPS) is 19.3. The van der Waals surface area contributed by atoms with Gasteiger partial charge in [0.05, 0.1) is 6.04 Å². The van der Waals surface area contributed by atoms with Crippen LogP contribution in [0.15, 0.2) is 24.3 Å². The highest BCUT2D eigenvalue weighted by Gasteiger charge is 2.23. The lowest BCUT2D eigenvalue weighted by atomic mass is 9.87. The van der Waals surface area contributed by atoms with E-state index in [1.165, 1.54) is 11.1 Å². The van der Waals surface area contributed by atoms with E-state index in [1.54, 1.807) is 6.92 Å². The van der Waals surface area contributed by atoms with E-state index in [-0.39, 0.29) is 6.04 Å². The minimum Gasteiger partial charge on any atom is -0.351 e. The number of urea groups is 1. The third-order valence-corrected chi connectivity index (χ3v) is 3.46. The molecule has 0 unspecified atom stereocenters. The van der Waals surface area contributed by atoms with Crippen LogP contribution < -0.4 is 16.4 Å². The number of nitrogens with two attached hydrogens (primary N) is 1. The van der Waals surface area contributed by atoms with Gasteiger partial charge < -0.3 is 5.73 Å². The predicted octanol–water partition coefficient (Wildman–Crippen LogP) is 1.24. The van der Waals surface area contributed by atoms with E-state index in [4.69, 9.17) is 5.73 Å². The van der Waals surface area contributed by atoms with Crippen LogP contribution in [0.25, 0.3) is 0 Å². The lowest BCUT2D eigenvalue weighted by Gasteiger charge is -2.28. The second-order valence-corrected chi connectivity index (χ2v) is 4.89. The monoisotopic (exact) mass is 261 g/mol. The fraction of sp³-hybridized carbons (Fsp3) is 0.429. The van der Waals surface area contributed by atoms with Gasteiger partial charge in [-0.1, -0.05) is 24.3 Å². The Labute approximate surface area is 112 Å². The second kappa shape index (κ2) is 5.84.